The lowest BCUT2D eigenvalue weighted by Crippen LogP contribution is -2.46. The van der Waals surface area contributed by atoms with Crippen molar-refractivity contribution in [3.63, 3.8) is 0 Å². The maximum Gasteiger partial charge on any atom is 0.422 e. The molecular weight excluding hydrogens is 316 g/mol. The van der Waals surface area contributed by atoms with Crippen molar-refractivity contribution in [2.75, 3.05) is 7.11 Å². The number of carbonyl (C=O) groups is 1. The average Bonchev–Trinajstić information content (AvgIpc) is 2.76. The fourth-order valence-electron chi connectivity index (χ4n) is 3.37. The first kappa shape index (κ1) is 15.7. The van der Waals surface area contributed by atoms with E-state index in [4.69, 9.17) is 0 Å². The lowest BCUT2D eigenvalue weighted by Gasteiger charge is -2.33. The average molecular weight is 328 g/mol. The first-order valence-corrected chi connectivity index (χ1v) is 6.78. The van der Waals surface area contributed by atoms with Crippen molar-refractivity contribution in [2.45, 2.75) is 17.7 Å². The molecule has 1 aromatic rings. The highest BCUT2D eigenvalue weighted by molar-refractivity contribution is 5.92. The van der Waals surface area contributed by atoms with Gasteiger partial charge in [0.1, 0.15) is 5.83 Å². The summed E-state index contributed by atoms with van der Waals surface area (Å²) in [6, 6.07) is 3.67. The molecule has 0 heterocycles. The number of alkyl halides is 3. The minimum atomic E-state index is -5.03. The van der Waals surface area contributed by atoms with Crippen molar-refractivity contribution in [2.24, 2.45) is 5.92 Å². The van der Waals surface area contributed by atoms with Gasteiger partial charge in [-0.1, -0.05) is 18.2 Å². The van der Waals surface area contributed by atoms with Gasteiger partial charge in [0.05, 0.1) is 12.7 Å². The fraction of sp³-hybridized carbons (Fsp3) is 0.312. The fourth-order valence-corrected chi connectivity index (χ4v) is 3.37. The van der Waals surface area contributed by atoms with E-state index >= 15 is 0 Å². The molecule has 0 spiro atoms. The minimum absolute atomic E-state index is 0.0178. The van der Waals surface area contributed by atoms with Gasteiger partial charge in [0, 0.05) is 11.8 Å². The third kappa shape index (κ3) is 2.03. The number of benzene rings is 1. The molecule has 0 fully saturated rings. The van der Waals surface area contributed by atoms with Crippen LogP contribution in [0.25, 0.3) is 0 Å². The highest BCUT2D eigenvalue weighted by Gasteiger charge is 2.66. The van der Waals surface area contributed by atoms with Gasteiger partial charge in [0.2, 0.25) is 0 Å². The molecule has 0 radical (unpaired) electrons. The number of esters is 1. The summed E-state index contributed by atoms with van der Waals surface area (Å²) in [5.41, 5.74) is -3.76. The number of hydrogen-bond donors (Lipinski definition) is 1. The van der Waals surface area contributed by atoms with Crippen LogP contribution in [0.4, 0.5) is 17.6 Å². The molecule has 0 bridgehead atoms. The van der Waals surface area contributed by atoms with Crippen molar-refractivity contribution in [3.05, 3.63) is 58.9 Å². The largest absolute Gasteiger partial charge is 0.465 e. The minimum Gasteiger partial charge on any atom is -0.465 e. The Bertz CT molecular complexity index is 735. The zero-order valence-electron chi connectivity index (χ0n) is 11.9. The molecule has 122 valence electrons. The van der Waals surface area contributed by atoms with E-state index in [0.29, 0.717) is 0 Å². The molecule has 2 aliphatic carbocycles. The van der Waals surface area contributed by atoms with E-state index < -0.39 is 41.0 Å². The van der Waals surface area contributed by atoms with Crippen LogP contribution in [0.1, 0.15) is 27.4 Å². The van der Waals surface area contributed by atoms with Gasteiger partial charge in [-0.3, -0.25) is 0 Å². The maximum atomic E-state index is 13.6. The predicted octanol–water partition coefficient (Wildman–Crippen LogP) is 3.36. The Kier molecular flexibility index (Phi) is 3.37. The van der Waals surface area contributed by atoms with Gasteiger partial charge in [-0.25, -0.2) is 9.18 Å². The van der Waals surface area contributed by atoms with Crippen LogP contribution >= 0.6 is 0 Å². The summed E-state index contributed by atoms with van der Waals surface area (Å²) in [5, 5.41) is 10.4. The Morgan fingerprint density at radius 3 is 2.65 bits per heavy atom. The SMILES string of the molecule is COC(=O)c1cccc2c1C1C=CC(F)=CC1C2(O)C(F)(F)F. The van der Waals surface area contributed by atoms with Crippen LogP contribution < -0.4 is 0 Å². The Morgan fingerprint density at radius 2 is 2.04 bits per heavy atom. The smallest absolute Gasteiger partial charge is 0.422 e. The summed E-state index contributed by atoms with van der Waals surface area (Å²) in [6.45, 7) is 0. The van der Waals surface area contributed by atoms with Crippen LogP contribution in [0.5, 0.6) is 0 Å². The molecule has 23 heavy (non-hydrogen) atoms. The van der Waals surface area contributed by atoms with Crippen molar-refractivity contribution in [3.8, 4) is 0 Å². The highest BCUT2D eigenvalue weighted by atomic mass is 19.4. The summed E-state index contributed by atoms with van der Waals surface area (Å²) in [4.78, 5) is 11.9. The molecule has 0 saturated carbocycles. The Morgan fingerprint density at radius 1 is 1.35 bits per heavy atom. The number of ether oxygens (including phenoxy) is 1. The van der Waals surface area contributed by atoms with E-state index in [1.807, 2.05) is 0 Å². The molecule has 0 aromatic heterocycles. The van der Waals surface area contributed by atoms with Crippen LogP contribution in [-0.4, -0.2) is 24.4 Å². The van der Waals surface area contributed by atoms with E-state index in [2.05, 4.69) is 4.74 Å². The summed E-state index contributed by atoms with van der Waals surface area (Å²) >= 11 is 0. The van der Waals surface area contributed by atoms with Crippen LogP contribution in [0.2, 0.25) is 0 Å². The van der Waals surface area contributed by atoms with E-state index in [9.17, 15) is 27.5 Å². The number of allylic oxidation sites excluding steroid dienone is 3. The zero-order valence-corrected chi connectivity index (χ0v) is 11.9. The number of carbonyl (C=O) groups excluding carboxylic acids is 1. The zero-order chi connectivity index (χ0) is 17.0. The molecule has 3 atom stereocenters. The molecular formula is C16H12F4O3. The van der Waals surface area contributed by atoms with Crippen LogP contribution in [0.3, 0.4) is 0 Å². The number of halogens is 4. The molecule has 1 aromatic carbocycles. The molecule has 2 aliphatic rings. The van der Waals surface area contributed by atoms with Gasteiger partial charge in [-0.05, 0) is 29.3 Å². The van der Waals surface area contributed by atoms with E-state index in [1.165, 1.54) is 18.2 Å². The van der Waals surface area contributed by atoms with Crippen LogP contribution in [0.15, 0.2) is 42.3 Å². The first-order valence-electron chi connectivity index (χ1n) is 6.78. The van der Waals surface area contributed by atoms with Gasteiger partial charge in [0.25, 0.3) is 0 Å². The van der Waals surface area contributed by atoms with Crippen molar-refractivity contribution < 1.29 is 32.2 Å². The Hall–Kier alpha value is -2.15. The summed E-state index contributed by atoms with van der Waals surface area (Å²) in [7, 11) is 1.11. The summed E-state index contributed by atoms with van der Waals surface area (Å²) in [5.74, 6) is -4.21. The number of rotatable bonds is 1. The molecule has 3 nitrogen and oxygen atoms in total. The molecule has 3 unspecified atom stereocenters. The van der Waals surface area contributed by atoms with Crippen molar-refractivity contribution >= 4 is 5.97 Å². The quantitative estimate of drug-likeness (QED) is 0.635. The normalized spacial score (nSPS) is 28.9. The number of methoxy groups -OCH3 is 1. The number of hydrogen-bond acceptors (Lipinski definition) is 3. The van der Waals surface area contributed by atoms with Crippen molar-refractivity contribution in [1.29, 1.82) is 0 Å². The number of fused-ring (bicyclic) bond motifs is 3. The Balaban J connectivity index is 2.32. The van der Waals surface area contributed by atoms with E-state index in [0.717, 1.165) is 25.3 Å². The number of aliphatic hydroxyl groups is 1. The molecule has 3 rings (SSSR count). The monoisotopic (exact) mass is 328 g/mol. The molecule has 0 aliphatic heterocycles. The topological polar surface area (TPSA) is 46.5 Å². The molecule has 7 heteroatoms. The second-order valence-corrected chi connectivity index (χ2v) is 5.48. The van der Waals surface area contributed by atoms with Crippen LogP contribution in [-0.2, 0) is 10.3 Å². The standard InChI is InChI=1S/C16H12F4O3/c1-23-14(21)10-3-2-4-11-13(10)9-6-5-8(17)7-12(9)15(11,22)16(18,19)20/h2-7,9,12,22H,1H3. The van der Waals surface area contributed by atoms with Crippen LogP contribution in [0, 0.1) is 5.92 Å². The van der Waals surface area contributed by atoms with Crippen molar-refractivity contribution in [1.82, 2.24) is 0 Å². The van der Waals surface area contributed by atoms with Gasteiger partial charge in [-0.15, -0.1) is 0 Å². The molecule has 0 saturated heterocycles. The highest BCUT2D eigenvalue weighted by Crippen LogP contribution is 2.59. The lowest BCUT2D eigenvalue weighted by molar-refractivity contribution is -0.278. The van der Waals surface area contributed by atoms with E-state index in [1.54, 1.807) is 0 Å². The summed E-state index contributed by atoms with van der Waals surface area (Å²) in [6.07, 6.45) is -2.02. The Labute approximate surface area is 128 Å². The van der Waals surface area contributed by atoms with Gasteiger partial charge in [0.15, 0.2) is 5.60 Å². The van der Waals surface area contributed by atoms with Gasteiger partial charge < -0.3 is 9.84 Å². The first-order chi connectivity index (χ1) is 10.7. The lowest BCUT2D eigenvalue weighted by atomic mass is 9.80. The summed E-state index contributed by atoms with van der Waals surface area (Å²) < 4.78 is 58.9. The second kappa shape index (κ2) is 4.92. The second-order valence-electron chi connectivity index (χ2n) is 5.48. The third-order valence-electron chi connectivity index (χ3n) is 4.36. The van der Waals surface area contributed by atoms with Gasteiger partial charge in [-0.2, -0.15) is 13.2 Å². The van der Waals surface area contributed by atoms with Gasteiger partial charge >= 0.3 is 12.1 Å². The predicted molar refractivity (Wildman–Crippen MR) is 72.3 cm³/mol. The maximum absolute atomic E-state index is 13.6. The molecule has 0 amide bonds. The van der Waals surface area contributed by atoms with E-state index in [-0.39, 0.29) is 11.1 Å². The third-order valence-corrected chi connectivity index (χ3v) is 4.36. The molecule has 1 N–H and O–H groups in total.